The van der Waals surface area contributed by atoms with Crippen LogP contribution in [0, 0.1) is 0 Å². The van der Waals surface area contributed by atoms with Crippen LogP contribution in [0.4, 0.5) is 0 Å². The topological polar surface area (TPSA) is 57.6 Å². The SMILES string of the molecule is CC(C)c1ccc(CN2CCCC(S(=O)(=O)O)C2)c(C(C)C)c1. The summed E-state index contributed by atoms with van der Waals surface area (Å²) in [5.74, 6) is 0.936. The van der Waals surface area contributed by atoms with Gasteiger partial charge in [0.2, 0.25) is 0 Å². The molecule has 1 aliphatic heterocycles. The van der Waals surface area contributed by atoms with Crippen molar-refractivity contribution in [1.29, 1.82) is 0 Å². The van der Waals surface area contributed by atoms with E-state index < -0.39 is 15.4 Å². The Balaban J connectivity index is 2.19. The lowest BCUT2D eigenvalue weighted by atomic mass is 9.91. The van der Waals surface area contributed by atoms with E-state index in [0.29, 0.717) is 24.8 Å². The summed E-state index contributed by atoms with van der Waals surface area (Å²) in [6.07, 6.45) is 1.37. The molecule has 0 spiro atoms. The maximum atomic E-state index is 11.4. The van der Waals surface area contributed by atoms with Crippen molar-refractivity contribution in [2.45, 2.75) is 64.2 Å². The van der Waals surface area contributed by atoms with Gasteiger partial charge in [-0.05, 0) is 47.9 Å². The molecule has 0 aliphatic carbocycles. The highest BCUT2D eigenvalue weighted by Gasteiger charge is 2.29. The van der Waals surface area contributed by atoms with Gasteiger partial charge in [-0.25, -0.2) is 0 Å². The van der Waals surface area contributed by atoms with Crippen LogP contribution < -0.4 is 0 Å². The third-order valence-electron chi connectivity index (χ3n) is 4.74. The third-order valence-corrected chi connectivity index (χ3v) is 5.96. The molecule has 4 nitrogen and oxygen atoms in total. The van der Waals surface area contributed by atoms with Crippen molar-refractivity contribution in [2.75, 3.05) is 13.1 Å². The largest absolute Gasteiger partial charge is 0.298 e. The van der Waals surface area contributed by atoms with Crippen LogP contribution in [0.1, 0.15) is 69.1 Å². The lowest BCUT2D eigenvalue weighted by molar-refractivity contribution is 0.217. The molecule has 0 aromatic heterocycles. The molecule has 0 radical (unpaired) electrons. The molecule has 0 bridgehead atoms. The van der Waals surface area contributed by atoms with E-state index in [2.05, 4.69) is 50.8 Å². The molecule has 2 rings (SSSR count). The molecule has 1 heterocycles. The van der Waals surface area contributed by atoms with Crippen LogP contribution in [0.2, 0.25) is 0 Å². The Bertz CT molecular complexity index is 638. The van der Waals surface area contributed by atoms with Crippen molar-refractivity contribution in [2.24, 2.45) is 0 Å². The second kappa shape index (κ2) is 7.32. The molecule has 0 saturated carbocycles. The minimum absolute atomic E-state index is 0.419. The van der Waals surface area contributed by atoms with E-state index in [4.69, 9.17) is 0 Å². The zero-order valence-corrected chi connectivity index (χ0v) is 15.4. The normalized spacial score (nSPS) is 20.4. The van der Waals surface area contributed by atoms with Crippen molar-refractivity contribution >= 4 is 10.1 Å². The van der Waals surface area contributed by atoms with E-state index in [0.717, 1.165) is 19.5 Å². The Morgan fingerprint density at radius 2 is 1.91 bits per heavy atom. The Morgan fingerprint density at radius 1 is 1.22 bits per heavy atom. The van der Waals surface area contributed by atoms with Gasteiger partial charge < -0.3 is 0 Å². The molecule has 23 heavy (non-hydrogen) atoms. The molecule has 1 aromatic carbocycles. The monoisotopic (exact) mass is 339 g/mol. The average molecular weight is 340 g/mol. The fourth-order valence-corrected chi connectivity index (χ4v) is 4.16. The van der Waals surface area contributed by atoms with Crippen LogP contribution in [0.15, 0.2) is 18.2 Å². The van der Waals surface area contributed by atoms with Crippen molar-refractivity contribution in [3.63, 3.8) is 0 Å². The maximum Gasteiger partial charge on any atom is 0.269 e. The predicted molar refractivity (Wildman–Crippen MR) is 94.5 cm³/mol. The van der Waals surface area contributed by atoms with Crippen molar-refractivity contribution in [1.82, 2.24) is 4.90 Å². The predicted octanol–water partition coefficient (Wildman–Crippen LogP) is 3.79. The van der Waals surface area contributed by atoms with Crippen molar-refractivity contribution in [3.05, 3.63) is 34.9 Å². The minimum atomic E-state index is -3.94. The van der Waals surface area contributed by atoms with Gasteiger partial charge >= 0.3 is 0 Å². The molecule has 1 saturated heterocycles. The van der Waals surface area contributed by atoms with Crippen LogP contribution in [0.3, 0.4) is 0 Å². The van der Waals surface area contributed by atoms with Crippen LogP contribution in [0.25, 0.3) is 0 Å². The molecule has 1 unspecified atom stereocenters. The van der Waals surface area contributed by atoms with Gasteiger partial charge in [-0.1, -0.05) is 45.9 Å². The first-order valence-corrected chi connectivity index (χ1v) is 10.00. The molecule has 0 amide bonds. The van der Waals surface area contributed by atoms with Crippen LogP contribution in [0.5, 0.6) is 0 Å². The van der Waals surface area contributed by atoms with Gasteiger partial charge in [0.15, 0.2) is 0 Å². The van der Waals surface area contributed by atoms with Gasteiger partial charge in [-0.3, -0.25) is 9.45 Å². The number of hydrogen-bond donors (Lipinski definition) is 1. The van der Waals surface area contributed by atoms with E-state index in [1.54, 1.807) is 0 Å². The van der Waals surface area contributed by atoms with Crippen molar-refractivity contribution < 1.29 is 13.0 Å². The number of rotatable bonds is 5. The van der Waals surface area contributed by atoms with Gasteiger partial charge in [-0.2, -0.15) is 8.42 Å². The number of nitrogens with zero attached hydrogens (tertiary/aromatic N) is 1. The zero-order valence-electron chi connectivity index (χ0n) is 14.6. The summed E-state index contributed by atoms with van der Waals surface area (Å²) in [5, 5.41) is -0.645. The van der Waals surface area contributed by atoms with E-state index in [-0.39, 0.29) is 0 Å². The Morgan fingerprint density at radius 3 is 2.48 bits per heavy atom. The Hall–Kier alpha value is -0.910. The first kappa shape index (κ1) is 18.4. The standard InChI is InChI=1S/C18H29NO3S/c1-13(2)15-7-8-16(18(10-15)14(3)4)11-19-9-5-6-17(12-19)23(20,21)22/h7-8,10,13-14,17H,5-6,9,11-12H2,1-4H3,(H,20,21,22). The van der Waals surface area contributed by atoms with Crippen LogP contribution in [-0.2, 0) is 16.7 Å². The summed E-state index contributed by atoms with van der Waals surface area (Å²) in [6.45, 7) is 10.8. The molecule has 5 heteroatoms. The summed E-state index contributed by atoms with van der Waals surface area (Å²) in [4.78, 5) is 2.15. The van der Waals surface area contributed by atoms with E-state index in [1.807, 2.05) is 0 Å². The van der Waals surface area contributed by atoms with Gasteiger partial charge in [0, 0.05) is 13.1 Å². The van der Waals surface area contributed by atoms with Gasteiger partial charge in [0.25, 0.3) is 10.1 Å². The summed E-state index contributed by atoms with van der Waals surface area (Å²) in [5.41, 5.74) is 3.94. The molecule has 1 aromatic rings. The molecular weight excluding hydrogens is 310 g/mol. The van der Waals surface area contributed by atoms with E-state index in [1.165, 1.54) is 16.7 Å². The lowest BCUT2D eigenvalue weighted by Gasteiger charge is -2.32. The molecule has 1 fully saturated rings. The third kappa shape index (κ3) is 4.78. The highest BCUT2D eigenvalue weighted by molar-refractivity contribution is 7.86. The first-order chi connectivity index (χ1) is 10.7. The average Bonchev–Trinajstić information content (AvgIpc) is 2.46. The second-order valence-corrected chi connectivity index (χ2v) is 8.98. The van der Waals surface area contributed by atoms with Gasteiger partial charge in [0.05, 0.1) is 5.25 Å². The number of benzene rings is 1. The smallest absolute Gasteiger partial charge is 0.269 e. The maximum absolute atomic E-state index is 11.4. The van der Waals surface area contributed by atoms with Gasteiger partial charge in [0.1, 0.15) is 0 Å². The molecule has 1 atom stereocenters. The summed E-state index contributed by atoms with van der Waals surface area (Å²) < 4.78 is 32.1. The van der Waals surface area contributed by atoms with Crippen LogP contribution >= 0.6 is 0 Å². The highest BCUT2D eigenvalue weighted by Crippen LogP contribution is 2.27. The molecule has 1 N–H and O–H groups in total. The summed E-state index contributed by atoms with van der Waals surface area (Å²) >= 11 is 0. The highest BCUT2D eigenvalue weighted by atomic mass is 32.2. The molecule has 130 valence electrons. The second-order valence-electron chi connectivity index (χ2n) is 7.28. The number of piperidine rings is 1. The quantitative estimate of drug-likeness (QED) is 0.829. The molecule has 1 aliphatic rings. The first-order valence-electron chi connectivity index (χ1n) is 8.50. The fraction of sp³-hybridized carbons (Fsp3) is 0.667. The number of hydrogen-bond acceptors (Lipinski definition) is 3. The zero-order chi connectivity index (χ0) is 17.2. The minimum Gasteiger partial charge on any atom is -0.298 e. The molecular formula is C18H29NO3S. The Kier molecular flexibility index (Phi) is 5.87. The van der Waals surface area contributed by atoms with Crippen molar-refractivity contribution in [3.8, 4) is 0 Å². The Labute approximate surface area is 140 Å². The van der Waals surface area contributed by atoms with E-state index >= 15 is 0 Å². The van der Waals surface area contributed by atoms with Crippen LogP contribution in [-0.4, -0.2) is 36.2 Å². The lowest BCUT2D eigenvalue weighted by Crippen LogP contribution is -2.41. The fourth-order valence-electron chi connectivity index (χ4n) is 3.29. The summed E-state index contributed by atoms with van der Waals surface area (Å²) in [7, 11) is -3.94. The van der Waals surface area contributed by atoms with Gasteiger partial charge in [-0.15, -0.1) is 0 Å². The number of likely N-dealkylation sites (tertiary alicyclic amines) is 1. The summed E-state index contributed by atoms with van der Waals surface area (Å²) in [6, 6.07) is 6.65. The van der Waals surface area contributed by atoms with E-state index in [9.17, 15) is 13.0 Å².